The van der Waals surface area contributed by atoms with Crippen molar-refractivity contribution in [2.24, 2.45) is 5.73 Å². The fourth-order valence-electron chi connectivity index (χ4n) is 2.46. The van der Waals surface area contributed by atoms with Crippen molar-refractivity contribution in [3.63, 3.8) is 0 Å². The first-order chi connectivity index (χ1) is 10.4. The van der Waals surface area contributed by atoms with Crippen molar-refractivity contribution in [3.05, 3.63) is 46.2 Å². The number of hydrogen-bond acceptors (Lipinski definition) is 4. The van der Waals surface area contributed by atoms with Crippen LogP contribution in [-0.2, 0) is 6.54 Å². The van der Waals surface area contributed by atoms with E-state index in [2.05, 4.69) is 40.3 Å². The lowest BCUT2D eigenvalue weighted by atomic mass is 10.2. The van der Waals surface area contributed by atoms with E-state index in [4.69, 9.17) is 10.5 Å². The molecule has 0 unspecified atom stereocenters. The molecule has 0 atom stereocenters. The smallest absolute Gasteiger partial charge is 0.142 e. The van der Waals surface area contributed by atoms with E-state index in [0.29, 0.717) is 6.54 Å². The first kappa shape index (κ1) is 14.0. The maximum absolute atomic E-state index is 5.81. The average molecular weight is 298 g/mol. The van der Waals surface area contributed by atoms with Crippen molar-refractivity contribution in [1.29, 1.82) is 0 Å². The molecule has 1 aromatic carbocycles. The van der Waals surface area contributed by atoms with Gasteiger partial charge in [-0.05, 0) is 30.0 Å². The van der Waals surface area contributed by atoms with Crippen molar-refractivity contribution in [2.45, 2.75) is 13.0 Å². The Hall–Kier alpha value is -1.96. The Morgan fingerprint density at radius 2 is 2.19 bits per heavy atom. The fraction of sp³-hybridized carbons (Fsp3) is 0.294. The van der Waals surface area contributed by atoms with Gasteiger partial charge in [0.1, 0.15) is 5.75 Å². The summed E-state index contributed by atoms with van der Waals surface area (Å²) in [5.41, 5.74) is 7.72. The minimum absolute atomic E-state index is 0.398. The number of rotatable bonds is 2. The molecule has 4 heteroatoms. The van der Waals surface area contributed by atoms with E-state index in [1.165, 1.54) is 10.6 Å². The molecule has 0 spiro atoms. The van der Waals surface area contributed by atoms with Crippen LogP contribution >= 0.6 is 11.3 Å². The molecule has 108 valence electrons. The maximum Gasteiger partial charge on any atom is 0.142 e. The van der Waals surface area contributed by atoms with Gasteiger partial charge in [-0.2, -0.15) is 0 Å². The summed E-state index contributed by atoms with van der Waals surface area (Å²) in [4.78, 5) is 3.66. The Balaban J connectivity index is 1.86. The first-order valence-electron chi connectivity index (χ1n) is 7.10. The van der Waals surface area contributed by atoms with Gasteiger partial charge in [0.25, 0.3) is 0 Å². The normalized spacial score (nSPS) is 13.7. The Bertz CT molecular complexity index is 669. The molecule has 1 aromatic heterocycles. The van der Waals surface area contributed by atoms with Crippen molar-refractivity contribution >= 4 is 17.0 Å². The summed E-state index contributed by atoms with van der Waals surface area (Å²) in [5.74, 6) is 7.07. The van der Waals surface area contributed by atoms with Crippen LogP contribution in [0, 0.1) is 11.8 Å². The molecular formula is C17H18N2OS. The van der Waals surface area contributed by atoms with Crippen LogP contribution in [0.3, 0.4) is 0 Å². The van der Waals surface area contributed by atoms with Crippen LogP contribution in [0.15, 0.2) is 35.7 Å². The third-order valence-corrected chi connectivity index (χ3v) is 4.35. The summed E-state index contributed by atoms with van der Waals surface area (Å²) in [5, 5.41) is 2.09. The molecule has 21 heavy (non-hydrogen) atoms. The molecule has 0 aliphatic carbocycles. The predicted molar refractivity (Wildman–Crippen MR) is 87.9 cm³/mol. The highest BCUT2D eigenvalue weighted by Gasteiger charge is 2.17. The Kier molecular flexibility index (Phi) is 4.44. The van der Waals surface area contributed by atoms with Gasteiger partial charge in [0.2, 0.25) is 0 Å². The zero-order valence-electron chi connectivity index (χ0n) is 11.8. The SMILES string of the molecule is NCC#Cc1ccsc1CN1CCCOc2ccccc21. The van der Waals surface area contributed by atoms with Gasteiger partial charge in [-0.15, -0.1) is 11.3 Å². The first-order valence-corrected chi connectivity index (χ1v) is 7.98. The van der Waals surface area contributed by atoms with Gasteiger partial charge in [-0.1, -0.05) is 24.0 Å². The van der Waals surface area contributed by atoms with E-state index in [1.807, 2.05) is 12.1 Å². The van der Waals surface area contributed by atoms with Crippen molar-refractivity contribution in [3.8, 4) is 17.6 Å². The summed E-state index contributed by atoms with van der Waals surface area (Å²) >= 11 is 1.75. The summed E-state index contributed by atoms with van der Waals surface area (Å²) in [6.45, 7) is 3.04. The van der Waals surface area contributed by atoms with Crippen molar-refractivity contribution in [2.75, 3.05) is 24.6 Å². The number of nitrogens with two attached hydrogens (primary N) is 1. The van der Waals surface area contributed by atoms with Gasteiger partial charge in [0.05, 0.1) is 25.4 Å². The van der Waals surface area contributed by atoms with E-state index in [0.717, 1.165) is 37.4 Å². The molecule has 2 aromatic rings. The highest BCUT2D eigenvalue weighted by Crippen LogP contribution is 2.32. The van der Waals surface area contributed by atoms with Crippen LogP contribution < -0.4 is 15.4 Å². The van der Waals surface area contributed by atoms with E-state index in [-0.39, 0.29) is 0 Å². The Labute approximate surface area is 129 Å². The average Bonchev–Trinajstić information content (AvgIpc) is 2.85. The molecule has 0 fully saturated rings. The third kappa shape index (κ3) is 3.21. The predicted octanol–water partition coefficient (Wildman–Crippen LogP) is 2.85. The molecule has 0 amide bonds. The number of nitrogens with zero attached hydrogens (tertiary/aromatic N) is 1. The topological polar surface area (TPSA) is 38.5 Å². The maximum atomic E-state index is 5.81. The highest BCUT2D eigenvalue weighted by atomic mass is 32.1. The molecule has 2 N–H and O–H groups in total. The second-order valence-electron chi connectivity index (χ2n) is 4.85. The summed E-state index contributed by atoms with van der Waals surface area (Å²) in [6, 6.07) is 10.3. The zero-order chi connectivity index (χ0) is 14.5. The standard InChI is InChI=1S/C17H18N2OS/c18-9-3-5-14-8-12-21-17(14)13-19-10-4-11-20-16-7-2-1-6-15(16)19/h1-2,6-8,12H,4,9-11,13,18H2. The number of thiophene rings is 1. The van der Waals surface area contributed by atoms with Crippen LogP contribution in [0.2, 0.25) is 0 Å². The van der Waals surface area contributed by atoms with Gasteiger partial charge in [0.15, 0.2) is 0 Å². The third-order valence-electron chi connectivity index (χ3n) is 3.44. The van der Waals surface area contributed by atoms with E-state index < -0.39 is 0 Å². The van der Waals surface area contributed by atoms with Crippen LogP contribution in [-0.4, -0.2) is 19.7 Å². The second-order valence-corrected chi connectivity index (χ2v) is 5.86. The number of ether oxygens (including phenoxy) is 1. The van der Waals surface area contributed by atoms with Gasteiger partial charge in [-0.3, -0.25) is 0 Å². The molecule has 3 rings (SSSR count). The van der Waals surface area contributed by atoms with E-state index in [9.17, 15) is 0 Å². The number of hydrogen-bond donors (Lipinski definition) is 1. The summed E-state index contributed by atoms with van der Waals surface area (Å²) in [6.07, 6.45) is 1.03. The molecular weight excluding hydrogens is 280 g/mol. The van der Waals surface area contributed by atoms with Gasteiger partial charge < -0.3 is 15.4 Å². The molecule has 0 bridgehead atoms. The summed E-state index contributed by atoms with van der Waals surface area (Å²) < 4.78 is 5.81. The Morgan fingerprint density at radius 3 is 3.10 bits per heavy atom. The molecule has 1 aliphatic rings. The lowest BCUT2D eigenvalue weighted by molar-refractivity contribution is 0.322. The highest BCUT2D eigenvalue weighted by molar-refractivity contribution is 7.10. The van der Waals surface area contributed by atoms with E-state index >= 15 is 0 Å². The second kappa shape index (κ2) is 6.66. The fourth-order valence-corrected chi connectivity index (χ4v) is 3.30. The van der Waals surface area contributed by atoms with Gasteiger partial charge >= 0.3 is 0 Å². The van der Waals surface area contributed by atoms with Gasteiger partial charge in [0, 0.05) is 17.0 Å². The van der Waals surface area contributed by atoms with Crippen molar-refractivity contribution in [1.82, 2.24) is 0 Å². The zero-order valence-corrected chi connectivity index (χ0v) is 12.7. The number of benzene rings is 1. The van der Waals surface area contributed by atoms with Crippen LogP contribution in [0.1, 0.15) is 16.9 Å². The molecule has 0 saturated carbocycles. The molecule has 0 radical (unpaired) electrons. The van der Waals surface area contributed by atoms with E-state index in [1.54, 1.807) is 11.3 Å². The van der Waals surface area contributed by atoms with Crippen LogP contribution in [0.4, 0.5) is 5.69 Å². The number of anilines is 1. The lowest BCUT2D eigenvalue weighted by Gasteiger charge is -2.23. The largest absolute Gasteiger partial charge is 0.491 e. The number of para-hydroxylation sites is 2. The minimum atomic E-state index is 0.398. The number of fused-ring (bicyclic) bond motifs is 1. The van der Waals surface area contributed by atoms with Gasteiger partial charge in [-0.25, -0.2) is 0 Å². The monoisotopic (exact) mass is 298 g/mol. The minimum Gasteiger partial charge on any atom is -0.491 e. The molecule has 2 heterocycles. The van der Waals surface area contributed by atoms with Crippen molar-refractivity contribution < 1.29 is 4.74 Å². The lowest BCUT2D eigenvalue weighted by Crippen LogP contribution is -2.23. The Morgan fingerprint density at radius 1 is 1.29 bits per heavy atom. The molecule has 3 nitrogen and oxygen atoms in total. The molecule has 0 saturated heterocycles. The summed E-state index contributed by atoms with van der Waals surface area (Å²) in [7, 11) is 0. The molecule has 1 aliphatic heterocycles. The van der Waals surface area contributed by atoms with Crippen LogP contribution in [0.25, 0.3) is 0 Å². The van der Waals surface area contributed by atoms with Crippen LogP contribution in [0.5, 0.6) is 5.75 Å². The quantitative estimate of drug-likeness (QED) is 0.867.